The number of rotatable bonds is 6. The molecule has 2 aromatic heterocycles. The summed E-state index contributed by atoms with van der Waals surface area (Å²) in [7, 11) is 1.76. The number of hydrogen-bond acceptors (Lipinski definition) is 4. The number of aromatic amines is 1. The highest BCUT2D eigenvalue weighted by atomic mass is 16.2. The Morgan fingerprint density at radius 2 is 2.13 bits per heavy atom. The van der Waals surface area contributed by atoms with Gasteiger partial charge < -0.3 is 9.88 Å². The second kappa shape index (κ2) is 7.67. The summed E-state index contributed by atoms with van der Waals surface area (Å²) in [6, 6.07) is 5.41. The van der Waals surface area contributed by atoms with Crippen LogP contribution in [0, 0.1) is 6.92 Å². The van der Waals surface area contributed by atoms with Crippen molar-refractivity contribution < 1.29 is 4.79 Å². The Morgan fingerprint density at radius 3 is 2.74 bits per heavy atom. The Hall–Kier alpha value is -2.50. The van der Waals surface area contributed by atoms with E-state index in [-0.39, 0.29) is 17.9 Å². The number of carbonyl (C=O) groups excluding carboxylic acids is 1. The number of aryl methyl sites for hydroxylation is 1. The first-order valence-corrected chi connectivity index (χ1v) is 7.78. The first-order valence-electron chi connectivity index (χ1n) is 7.78. The van der Waals surface area contributed by atoms with E-state index in [2.05, 4.69) is 21.9 Å². The van der Waals surface area contributed by atoms with Crippen molar-refractivity contribution in [3.63, 3.8) is 0 Å². The summed E-state index contributed by atoms with van der Waals surface area (Å²) in [5, 5.41) is 0. The molecule has 0 unspecified atom stereocenters. The standard InChI is InChI=1S/C17H22N4O2/c1-4-5-10-21(3)15(22)11-13-12(2)19-16(20-17(13)23)14-8-6-7-9-18-14/h6-9H,4-5,10-11H2,1-3H3,(H,19,20,23). The number of likely N-dealkylation sites (N-methyl/N-ethyl adjacent to an activating group) is 1. The number of nitrogens with zero attached hydrogens (tertiary/aromatic N) is 3. The zero-order valence-corrected chi connectivity index (χ0v) is 13.8. The number of pyridine rings is 1. The quantitative estimate of drug-likeness (QED) is 0.884. The SMILES string of the molecule is CCCCN(C)C(=O)Cc1c(C)nc(-c2ccccn2)[nH]c1=O. The van der Waals surface area contributed by atoms with Gasteiger partial charge in [-0.25, -0.2) is 4.98 Å². The van der Waals surface area contributed by atoms with Gasteiger partial charge in [0, 0.05) is 31.0 Å². The van der Waals surface area contributed by atoms with Crippen LogP contribution >= 0.6 is 0 Å². The average Bonchev–Trinajstić information content (AvgIpc) is 2.56. The molecule has 6 nitrogen and oxygen atoms in total. The lowest BCUT2D eigenvalue weighted by molar-refractivity contribution is -0.129. The van der Waals surface area contributed by atoms with Crippen LogP contribution in [0.4, 0.5) is 0 Å². The predicted molar refractivity (Wildman–Crippen MR) is 89.1 cm³/mol. The molecule has 0 aromatic carbocycles. The van der Waals surface area contributed by atoms with Gasteiger partial charge in [0.05, 0.1) is 6.42 Å². The van der Waals surface area contributed by atoms with Gasteiger partial charge in [-0.1, -0.05) is 19.4 Å². The van der Waals surface area contributed by atoms with E-state index in [1.54, 1.807) is 37.2 Å². The van der Waals surface area contributed by atoms with E-state index in [1.807, 2.05) is 6.07 Å². The molecule has 0 atom stereocenters. The Kier molecular flexibility index (Phi) is 5.62. The maximum atomic E-state index is 12.3. The van der Waals surface area contributed by atoms with E-state index in [4.69, 9.17) is 0 Å². The maximum absolute atomic E-state index is 12.3. The first kappa shape index (κ1) is 16.9. The highest BCUT2D eigenvalue weighted by Gasteiger charge is 2.16. The molecule has 2 heterocycles. The molecular weight excluding hydrogens is 292 g/mol. The molecule has 6 heteroatoms. The van der Waals surface area contributed by atoms with Crippen LogP contribution in [0.1, 0.15) is 31.0 Å². The molecule has 1 N–H and O–H groups in total. The Labute approximate surface area is 135 Å². The monoisotopic (exact) mass is 314 g/mol. The highest BCUT2D eigenvalue weighted by molar-refractivity contribution is 5.78. The molecule has 23 heavy (non-hydrogen) atoms. The second-order valence-corrected chi connectivity index (χ2v) is 5.54. The zero-order chi connectivity index (χ0) is 16.8. The third kappa shape index (κ3) is 4.25. The molecule has 0 aliphatic rings. The zero-order valence-electron chi connectivity index (χ0n) is 13.8. The van der Waals surface area contributed by atoms with Gasteiger partial charge in [0.2, 0.25) is 5.91 Å². The molecule has 0 saturated carbocycles. The second-order valence-electron chi connectivity index (χ2n) is 5.54. The van der Waals surface area contributed by atoms with Gasteiger partial charge in [-0.3, -0.25) is 14.6 Å². The fourth-order valence-electron chi connectivity index (χ4n) is 2.25. The molecule has 2 aromatic rings. The first-order chi connectivity index (χ1) is 11.0. The predicted octanol–water partition coefficient (Wildman–Crippen LogP) is 1.94. The van der Waals surface area contributed by atoms with Crippen molar-refractivity contribution in [1.82, 2.24) is 19.9 Å². The van der Waals surface area contributed by atoms with Crippen LogP contribution in [-0.4, -0.2) is 39.4 Å². The van der Waals surface area contributed by atoms with E-state index in [9.17, 15) is 9.59 Å². The molecule has 0 radical (unpaired) electrons. The summed E-state index contributed by atoms with van der Waals surface area (Å²) in [4.78, 5) is 37.5. The van der Waals surface area contributed by atoms with Gasteiger partial charge in [-0.05, 0) is 25.5 Å². The molecule has 0 aliphatic heterocycles. The van der Waals surface area contributed by atoms with Gasteiger partial charge >= 0.3 is 0 Å². The third-order valence-electron chi connectivity index (χ3n) is 3.73. The summed E-state index contributed by atoms with van der Waals surface area (Å²) in [5.41, 5.74) is 1.30. The molecule has 0 aliphatic carbocycles. The minimum Gasteiger partial charge on any atom is -0.345 e. The maximum Gasteiger partial charge on any atom is 0.255 e. The van der Waals surface area contributed by atoms with Gasteiger partial charge in [0.25, 0.3) is 5.56 Å². The number of H-pyrrole nitrogens is 1. The van der Waals surface area contributed by atoms with Crippen LogP contribution in [-0.2, 0) is 11.2 Å². The van der Waals surface area contributed by atoms with Crippen LogP contribution < -0.4 is 5.56 Å². The summed E-state index contributed by atoms with van der Waals surface area (Å²) in [6.07, 6.45) is 3.69. The molecule has 1 amide bonds. The van der Waals surface area contributed by atoms with Crippen LogP contribution in [0.3, 0.4) is 0 Å². The minimum atomic E-state index is -0.282. The average molecular weight is 314 g/mol. The largest absolute Gasteiger partial charge is 0.345 e. The van der Waals surface area contributed by atoms with Crippen LogP contribution in [0.2, 0.25) is 0 Å². The van der Waals surface area contributed by atoms with E-state index in [1.165, 1.54) is 0 Å². The number of nitrogens with one attached hydrogen (secondary N) is 1. The summed E-state index contributed by atoms with van der Waals surface area (Å²) in [5.74, 6) is 0.350. The molecular formula is C17H22N4O2. The van der Waals surface area contributed by atoms with E-state index in [0.29, 0.717) is 29.3 Å². The van der Waals surface area contributed by atoms with E-state index >= 15 is 0 Å². The van der Waals surface area contributed by atoms with Crippen molar-refractivity contribution in [3.05, 3.63) is 46.0 Å². The lowest BCUT2D eigenvalue weighted by atomic mass is 10.1. The van der Waals surface area contributed by atoms with Crippen molar-refractivity contribution in [2.45, 2.75) is 33.1 Å². The third-order valence-corrected chi connectivity index (χ3v) is 3.73. The summed E-state index contributed by atoms with van der Waals surface area (Å²) < 4.78 is 0. The van der Waals surface area contributed by atoms with E-state index < -0.39 is 0 Å². The van der Waals surface area contributed by atoms with Crippen LogP contribution in [0.25, 0.3) is 11.5 Å². The van der Waals surface area contributed by atoms with Gasteiger partial charge in [-0.2, -0.15) is 0 Å². The van der Waals surface area contributed by atoms with Gasteiger partial charge in [-0.15, -0.1) is 0 Å². The smallest absolute Gasteiger partial charge is 0.255 e. The molecule has 0 spiro atoms. The normalized spacial score (nSPS) is 10.6. The molecule has 0 saturated heterocycles. The Balaban J connectivity index is 2.21. The van der Waals surface area contributed by atoms with Crippen molar-refractivity contribution in [1.29, 1.82) is 0 Å². The van der Waals surface area contributed by atoms with Crippen molar-refractivity contribution in [3.8, 4) is 11.5 Å². The fraction of sp³-hybridized carbons (Fsp3) is 0.412. The molecule has 122 valence electrons. The molecule has 0 fully saturated rings. The minimum absolute atomic E-state index is 0.0663. The van der Waals surface area contributed by atoms with E-state index in [0.717, 1.165) is 12.8 Å². The van der Waals surface area contributed by atoms with Crippen LogP contribution in [0.5, 0.6) is 0 Å². The molecule has 2 rings (SSSR count). The fourth-order valence-corrected chi connectivity index (χ4v) is 2.25. The Bertz CT molecular complexity index is 725. The summed E-state index contributed by atoms with van der Waals surface area (Å²) in [6.45, 7) is 4.52. The van der Waals surface area contributed by atoms with Gasteiger partial charge in [0.15, 0.2) is 5.82 Å². The topological polar surface area (TPSA) is 79.0 Å². The summed E-state index contributed by atoms with van der Waals surface area (Å²) >= 11 is 0. The van der Waals surface area contributed by atoms with Crippen molar-refractivity contribution >= 4 is 5.91 Å². The lowest BCUT2D eigenvalue weighted by Gasteiger charge is -2.17. The number of hydrogen-bond donors (Lipinski definition) is 1. The highest BCUT2D eigenvalue weighted by Crippen LogP contribution is 2.11. The van der Waals surface area contributed by atoms with Crippen molar-refractivity contribution in [2.24, 2.45) is 0 Å². The lowest BCUT2D eigenvalue weighted by Crippen LogP contribution is -2.31. The number of unbranched alkanes of at least 4 members (excludes halogenated alkanes) is 1. The Morgan fingerprint density at radius 1 is 1.35 bits per heavy atom. The number of carbonyl (C=O) groups is 1. The van der Waals surface area contributed by atoms with Gasteiger partial charge in [0.1, 0.15) is 5.69 Å². The number of amides is 1. The molecule has 0 bridgehead atoms. The van der Waals surface area contributed by atoms with Crippen LogP contribution in [0.15, 0.2) is 29.2 Å². The van der Waals surface area contributed by atoms with Crippen molar-refractivity contribution in [2.75, 3.05) is 13.6 Å². The number of aromatic nitrogens is 3.